The van der Waals surface area contributed by atoms with E-state index in [-0.39, 0.29) is 29.9 Å². The molecule has 0 saturated heterocycles. The van der Waals surface area contributed by atoms with E-state index >= 15 is 0 Å². The van der Waals surface area contributed by atoms with E-state index in [0.29, 0.717) is 36.7 Å². The van der Waals surface area contributed by atoms with Crippen LogP contribution in [0.1, 0.15) is 105 Å². The van der Waals surface area contributed by atoms with Crippen LogP contribution < -0.4 is 15.8 Å². The summed E-state index contributed by atoms with van der Waals surface area (Å²) in [6.07, 6.45) is 8.37. The molecule has 2 heterocycles. The van der Waals surface area contributed by atoms with Crippen molar-refractivity contribution in [2.24, 2.45) is 16.6 Å². The Labute approximate surface area is 225 Å². The molecule has 0 spiro atoms. The minimum atomic E-state index is -0.432. The number of carbonyl (C=O) groups is 2. The number of rotatable bonds is 7. The van der Waals surface area contributed by atoms with Gasteiger partial charge in [-0.25, -0.2) is 4.99 Å². The predicted octanol–water partition coefficient (Wildman–Crippen LogP) is 5.67. The molecule has 3 aliphatic rings. The fraction of sp³-hybridized carbons (Fsp3) is 0.516. The Balaban J connectivity index is 1.43. The molecule has 0 aromatic heterocycles. The van der Waals surface area contributed by atoms with E-state index in [0.717, 1.165) is 36.8 Å². The second-order valence-electron chi connectivity index (χ2n) is 11.0. The average Bonchev–Trinajstić information content (AvgIpc) is 2.96. The van der Waals surface area contributed by atoms with E-state index in [1.54, 1.807) is 4.90 Å². The second-order valence-corrected chi connectivity index (χ2v) is 11.0. The first-order valence-electron chi connectivity index (χ1n) is 14.2. The van der Waals surface area contributed by atoms with Gasteiger partial charge in [0.1, 0.15) is 5.75 Å². The van der Waals surface area contributed by atoms with Gasteiger partial charge < -0.3 is 15.8 Å². The lowest BCUT2D eigenvalue weighted by Gasteiger charge is -2.41. The van der Waals surface area contributed by atoms with Gasteiger partial charge in [0.2, 0.25) is 5.91 Å². The number of hydrogen-bond donors (Lipinski definition) is 2. The molecule has 7 nitrogen and oxygen atoms in total. The number of nitrogens with one attached hydrogen (secondary N) is 1. The molecule has 2 aliphatic heterocycles. The van der Waals surface area contributed by atoms with Crippen LogP contribution in [0.2, 0.25) is 0 Å². The SMILES string of the molecule is CCC1(CC)CC(=O)N([C@@H]2CCOc3ccc(C(=O)NC(c4ccccc4)C4CCCCC4)cc32)C(N)=N1. The highest BCUT2D eigenvalue weighted by Gasteiger charge is 2.42. The van der Waals surface area contributed by atoms with E-state index in [1.165, 1.54) is 19.3 Å². The van der Waals surface area contributed by atoms with E-state index in [4.69, 9.17) is 15.5 Å². The van der Waals surface area contributed by atoms with Gasteiger partial charge in [0.25, 0.3) is 5.91 Å². The first-order chi connectivity index (χ1) is 18.4. The van der Waals surface area contributed by atoms with Gasteiger partial charge in [-0.05, 0) is 55.4 Å². The van der Waals surface area contributed by atoms with Crippen LogP contribution in [-0.4, -0.2) is 34.8 Å². The molecule has 2 aromatic carbocycles. The number of fused-ring (bicyclic) bond motifs is 1. The van der Waals surface area contributed by atoms with Gasteiger partial charge in [-0.1, -0.05) is 63.4 Å². The zero-order valence-electron chi connectivity index (χ0n) is 22.6. The third-order valence-corrected chi connectivity index (χ3v) is 8.82. The van der Waals surface area contributed by atoms with Crippen molar-refractivity contribution in [2.75, 3.05) is 6.61 Å². The summed E-state index contributed by atoms with van der Waals surface area (Å²) < 4.78 is 5.93. The number of nitrogens with two attached hydrogens (primary N) is 1. The Hall–Kier alpha value is -3.35. The summed E-state index contributed by atoms with van der Waals surface area (Å²) in [5.74, 6) is 1.24. The molecule has 0 radical (unpaired) electrons. The largest absolute Gasteiger partial charge is 0.493 e. The number of carbonyl (C=O) groups excluding carboxylic acids is 2. The zero-order valence-corrected chi connectivity index (χ0v) is 22.6. The molecule has 3 N–H and O–H groups in total. The molecule has 38 heavy (non-hydrogen) atoms. The third-order valence-electron chi connectivity index (χ3n) is 8.82. The fourth-order valence-electron chi connectivity index (χ4n) is 6.43. The molecule has 1 saturated carbocycles. The minimum absolute atomic E-state index is 0.0182. The van der Waals surface area contributed by atoms with Crippen LogP contribution in [0.25, 0.3) is 0 Å². The van der Waals surface area contributed by atoms with Gasteiger partial charge >= 0.3 is 0 Å². The van der Waals surface area contributed by atoms with E-state index < -0.39 is 5.54 Å². The van der Waals surface area contributed by atoms with Crippen LogP contribution in [0.4, 0.5) is 0 Å². The molecular weight excluding hydrogens is 476 g/mol. The summed E-state index contributed by atoms with van der Waals surface area (Å²) in [6.45, 7) is 4.58. The Kier molecular flexibility index (Phi) is 7.73. The first-order valence-corrected chi connectivity index (χ1v) is 14.2. The van der Waals surface area contributed by atoms with Crippen molar-refractivity contribution in [1.82, 2.24) is 10.2 Å². The van der Waals surface area contributed by atoms with E-state index in [1.807, 2.05) is 50.2 Å². The average molecular weight is 517 g/mol. The number of ether oxygens (including phenoxy) is 1. The highest BCUT2D eigenvalue weighted by atomic mass is 16.5. The van der Waals surface area contributed by atoms with Gasteiger partial charge in [-0.2, -0.15) is 0 Å². The Morgan fingerprint density at radius 3 is 2.53 bits per heavy atom. The van der Waals surface area contributed by atoms with Crippen LogP contribution >= 0.6 is 0 Å². The van der Waals surface area contributed by atoms with Crippen molar-refractivity contribution >= 4 is 17.8 Å². The summed E-state index contributed by atoms with van der Waals surface area (Å²) in [4.78, 5) is 33.5. The first kappa shape index (κ1) is 26.3. The normalized spacial score (nSPS) is 22.2. The molecule has 2 atom stereocenters. The number of amides is 2. The molecule has 5 rings (SSSR count). The van der Waals surface area contributed by atoms with Crippen molar-refractivity contribution in [3.05, 3.63) is 65.2 Å². The maximum atomic E-state index is 13.7. The lowest BCUT2D eigenvalue weighted by atomic mass is 9.81. The van der Waals surface area contributed by atoms with Crippen molar-refractivity contribution in [2.45, 2.75) is 89.3 Å². The summed E-state index contributed by atoms with van der Waals surface area (Å²) in [6, 6.07) is 15.5. The van der Waals surface area contributed by atoms with Crippen LogP contribution in [0.15, 0.2) is 53.5 Å². The molecule has 2 amide bonds. The van der Waals surface area contributed by atoms with Gasteiger partial charge in [0, 0.05) is 17.5 Å². The van der Waals surface area contributed by atoms with Gasteiger partial charge in [0.15, 0.2) is 5.96 Å². The van der Waals surface area contributed by atoms with Crippen LogP contribution in [0, 0.1) is 5.92 Å². The summed E-state index contributed by atoms with van der Waals surface area (Å²) in [7, 11) is 0. The Bertz CT molecular complexity index is 1180. The molecule has 1 aliphatic carbocycles. The van der Waals surface area contributed by atoms with Crippen molar-refractivity contribution in [3.8, 4) is 5.75 Å². The number of guanidine groups is 1. The lowest BCUT2D eigenvalue weighted by Crippen LogP contribution is -2.53. The number of aliphatic imine (C=N–C) groups is 1. The van der Waals surface area contributed by atoms with Gasteiger partial charge in [0.05, 0.1) is 30.7 Å². The molecule has 0 bridgehead atoms. The molecule has 202 valence electrons. The number of nitrogens with zero attached hydrogens (tertiary/aromatic N) is 2. The Morgan fingerprint density at radius 2 is 1.84 bits per heavy atom. The molecule has 7 heteroatoms. The van der Waals surface area contributed by atoms with Crippen molar-refractivity contribution in [1.29, 1.82) is 0 Å². The molecule has 1 unspecified atom stereocenters. The summed E-state index contributed by atoms with van der Waals surface area (Å²) in [5, 5.41) is 3.36. The topological polar surface area (TPSA) is 97.0 Å². The quantitative estimate of drug-likeness (QED) is 0.496. The van der Waals surface area contributed by atoms with E-state index in [2.05, 4.69) is 17.4 Å². The molecular formula is C31H40N4O3. The smallest absolute Gasteiger partial charge is 0.251 e. The monoisotopic (exact) mass is 516 g/mol. The maximum absolute atomic E-state index is 13.7. The van der Waals surface area contributed by atoms with Crippen LogP contribution in [0.3, 0.4) is 0 Å². The zero-order chi connectivity index (χ0) is 26.7. The second kappa shape index (κ2) is 11.2. The number of hydrogen-bond acceptors (Lipinski definition) is 5. The van der Waals surface area contributed by atoms with Gasteiger partial charge in [-0.15, -0.1) is 0 Å². The van der Waals surface area contributed by atoms with Crippen molar-refractivity contribution in [3.63, 3.8) is 0 Å². The predicted molar refractivity (Wildman–Crippen MR) is 149 cm³/mol. The minimum Gasteiger partial charge on any atom is -0.493 e. The standard InChI is InChI=1S/C31H40N4O3/c1-3-31(4-2)20-27(36)35(30(32)34-31)25-17-18-38-26-16-15-23(19-24(25)26)29(37)33-28(21-11-7-5-8-12-21)22-13-9-6-10-14-22/h5,7-8,11-12,15-16,19,22,25,28H,3-4,6,9-10,13-14,17-18,20H2,1-2H3,(H2,32,34)(H,33,37)/t25-,28?/m1/s1. The highest BCUT2D eigenvalue weighted by molar-refractivity contribution is 6.00. The van der Waals surface area contributed by atoms with Crippen LogP contribution in [0.5, 0.6) is 5.75 Å². The fourth-order valence-corrected chi connectivity index (χ4v) is 6.43. The molecule has 1 fully saturated rings. The van der Waals surface area contributed by atoms with E-state index in [9.17, 15) is 9.59 Å². The van der Waals surface area contributed by atoms with Crippen molar-refractivity contribution < 1.29 is 14.3 Å². The lowest BCUT2D eigenvalue weighted by molar-refractivity contribution is -0.132. The summed E-state index contributed by atoms with van der Waals surface area (Å²) >= 11 is 0. The Morgan fingerprint density at radius 1 is 1.11 bits per heavy atom. The molecule has 2 aromatic rings. The maximum Gasteiger partial charge on any atom is 0.251 e. The summed E-state index contributed by atoms with van der Waals surface area (Å²) in [5.41, 5.74) is 8.51. The highest BCUT2D eigenvalue weighted by Crippen LogP contribution is 2.40. The number of benzene rings is 2. The van der Waals surface area contributed by atoms with Gasteiger partial charge in [-0.3, -0.25) is 14.5 Å². The van der Waals surface area contributed by atoms with Crippen LogP contribution in [-0.2, 0) is 4.79 Å². The third kappa shape index (κ3) is 5.16.